The Bertz CT molecular complexity index is 442. The molecule has 2 fully saturated rings. The summed E-state index contributed by atoms with van der Waals surface area (Å²) in [5.41, 5.74) is -1.06. The van der Waals surface area contributed by atoms with Crippen LogP contribution in [-0.2, 0) is 9.59 Å². The fourth-order valence-electron chi connectivity index (χ4n) is 3.66. The first-order valence-electron chi connectivity index (χ1n) is 7.35. The number of hydrogen-bond donors (Lipinski definition) is 1. The van der Waals surface area contributed by atoms with Crippen molar-refractivity contribution in [3.63, 3.8) is 0 Å². The van der Waals surface area contributed by atoms with Crippen LogP contribution in [0, 0.1) is 11.8 Å². The minimum absolute atomic E-state index is 0.0748. The predicted octanol–water partition coefficient (Wildman–Crippen LogP) is 2.04. The normalized spacial score (nSPS) is 33.5. The van der Waals surface area contributed by atoms with Gasteiger partial charge in [-0.05, 0) is 40.0 Å². The molecule has 2 rings (SSSR count). The van der Waals surface area contributed by atoms with E-state index in [2.05, 4.69) is 0 Å². The van der Waals surface area contributed by atoms with Crippen LogP contribution in [0.3, 0.4) is 0 Å². The zero-order chi connectivity index (χ0) is 15.5. The van der Waals surface area contributed by atoms with Crippen molar-refractivity contribution < 1.29 is 14.8 Å². The molecule has 2 saturated heterocycles. The van der Waals surface area contributed by atoms with Crippen LogP contribution in [0.4, 0.5) is 0 Å². The molecule has 0 radical (unpaired) electrons. The molecule has 0 saturated carbocycles. The third kappa shape index (κ3) is 2.07. The smallest absolute Gasteiger partial charge is 0.233 e. The first kappa shape index (κ1) is 15.4. The Morgan fingerprint density at radius 3 is 2.10 bits per heavy atom. The lowest BCUT2D eigenvalue weighted by atomic mass is 9.92. The van der Waals surface area contributed by atoms with E-state index < -0.39 is 11.1 Å². The van der Waals surface area contributed by atoms with Crippen LogP contribution in [0.5, 0.6) is 0 Å². The van der Waals surface area contributed by atoms with Crippen LogP contribution in [0.1, 0.15) is 54.4 Å². The van der Waals surface area contributed by atoms with Gasteiger partial charge in [0.2, 0.25) is 11.8 Å². The van der Waals surface area contributed by atoms with E-state index in [0.29, 0.717) is 12.8 Å². The van der Waals surface area contributed by atoms with E-state index in [0.717, 1.165) is 0 Å². The highest BCUT2D eigenvalue weighted by Gasteiger charge is 2.58. The van der Waals surface area contributed by atoms with E-state index in [9.17, 15) is 14.8 Å². The highest BCUT2D eigenvalue weighted by molar-refractivity contribution is 6.04. The Labute approximate surface area is 120 Å². The van der Waals surface area contributed by atoms with Crippen molar-refractivity contribution in [3.05, 3.63) is 0 Å². The molecule has 0 aromatic heterocycles. The van der Waals surface area contributed by atoms with Gasteiger partial charge in [-0.1, -0.05) is 13.8 Å². The summed E-state index contributed by atoms with van der Waals surface area (Å²) in [5, 5.41) is 11.6. The van der Waals surface area contributed by atoms with Crippen LogP contribution < -0.4 is 0 Å². The van der Waals surface area contributed by atoms with E-state index in [4.69, 9.17) is 0 Å². The molecule has 0 aromatic rings. The number of imide groups is 1. The maximum Gasteiger partial charge on any atom is 0.233 e. The van der Waals surface area contributed by atoms with Crippen LogP contribution in [0.15, 0.2) is 0 Å². The van der Waals surface area contributed by atoms with E-state index in [1.54, 1.807) is 0 Å². The molecule has 20 heavy (non-hydrogen) atoms. The number of amides is 2. The van der Waals surface area contributed by atoms with Crippen molar-refractivity contribution in [1.82, 2.24) is 9.96 Å². The molecule has 2 aliphatic rings. The van der Waals surface area contributed by atoms with Gasteiger partial charge in [0.25, 0.3) is 0 Å². The van der Waals surface area contributed by atoms with Crippen molar-refractivity contribution in [2.75, 3.05) is 0 Å². The van der Waals surface area contributed by atoms with E-state index in [-0.39, 0.29) is 29.7 Å². The molecule has 2 atom stereocenters. The van der Waals surface area contributed by atoms with Crippen molar-refractivity contribution in [2.45, 2.75) is 71.5 Å². The number of nitrogens with zero attached hydrogens (tertiary/aromatic N) is 2. The molecule has 2 heterocycles. The summed E-state index contributed by atoms with van der Waals surface area (Å²) in [4.78, 5) is 26.3. The van der Waals surface area contributed by atoms with Gasteiger partial charge in [-0.2, -0.15) is 5.06 Å². The topological polar surface area (TPSA) is 60.9 Å². The fourth-order valence-corrected chi connectivity index (χ4v) is 3.66. The standard InChI is InChI=1S/C15H26N2O3/c1-9(2)10-7-12(18)16(13(10)19)11-8-14(3,4)17(20)15(11,5)6/h9-11,20H,7-8H2,1-6H3. The Hall–Kier alpha value is -0.940. The van der Waals surface area contributed by atoms with E-state index >= 15 is 0 Å². The molecule has 2 unspecified atom stereocenters. The molecule has 5 nitrogen and oxygen atoms in total. The first-order valence-corrected chi connectivity index (χ1v) is 7.35. The quantitative estimate of drug-likeness (QED) is 0.787. The van der Waals surface area contributed by atoms with Gasteiger partial charge in [0.1, 0.15) is 0 Å². The molecule has 2 aliphatic heterocycles. The van der Waals surface area contributed by atoms with Crippen molar-refractivity contribution in [1.29, 1.82) is 0 Å². The number of hydrogen-bond acceptors (Lipinski definition) is 4. The number of carbonyl (C=O) groups is 2. The molecule has 0 aromatic carbocycles. The van der Waals surface area contributed by atoms with E-state index in [1.165, 1.54) is 9.96 Å². The summed E-state index contributed by atoms with van der Waals surface area (Å²) in [6.45, 7) is 11.6. The second-order valence-electron chi connectivity index (χ2n) is 7.65. The molecular weight excluding hydrogens is 256 g/mol. The molecule has 5 heteroatoms. The molecule has 0 spiro atoms. The average molecular weight is 282 g/mol. The Morgan fingerprint density at radius 2 is 1.75 bits per heavy atom. The average Bonchev–Trinajstić information content (AvgIpc) is 2.68. The van der Waals surface area contributed by atoms with Crippen LogP contribution >= 0.6 is 0 Å². The monoisotopic (exact) mass is 282 g/mol. The fraction of sp³-hybridized carbons (Fsp3) is 0.867. The maximum absolute atomic E-state index is 12.6. The SMILES string of the molecule is CC(C)C1CC(=O)N(C2CC(C)(C)N(O)C2(C)C)C1=O. The second kappa shape index (κ2) is 4.53. The maximum atomic E-state index is 12.6. The summed E-state index contributed by atoms with van der Waals surface area (Å²) in [7, 11) is 0. The van der Waals surface area contributed by atoms with Gasteiger partial charge in [0.15, 0.2) is 0 Å². The largest absolute Gasteiger partial charge is 0.313 e. The minimum atomic E-state index is -0.624. The van der Waals surface area contributed by atoms with Gasteiger partial charge in [-0.25, -0.2) is 0 Å². The van der Waals surface area contributed by atoms with Gasteiger partial charge < -0.3 is 5.21 Å². The third-order valence-electron chi connectivity index (χ3n) is 4.96. The lowest BCUT2D eigenvalue weighted by molar-refractivity contribution is -0.198. The molecule has 0 aliphatic carbocycles. The lowest BCUT2D eigenvalue weighted by Gasteiger charge is -2.38. The summed E-state index contributed by atoms with van der Waals surface area (Å²) in [6.07, 6.45) is 0.897. The molecule has 114 valence electrons. The zero-order valence-electron chi connectivity index (χ0n) is 13.3. The summed E-state index contributed by atoms with van der Waals surface area (Å²) in [6, 6.07) is -0.272. The van der Waals surface area contributed by atoms with Crippen molar-refractivity contribution in [2.24, 2.45) is 11.8 Å². The highest BCUT2D eigenvalue weighted by atomic mass is 16.5. The Balaban J connectivity index is 2.33. The van der Waals surface area contributed by atoms with Crippen LogP contribution in [-0.4, -0.2) is 44.1 Å². The molecule has 1 N–H and O–H groups in total. The Morgan fingerprint density at radius 1 is 1.20 bits per heavy atom. The Kier molecular flexibility index (Phi) is 3.50. The highest BCUT2D eigenvalue weighted by Crippen LogP contribution is 2.44. The van der Waals surface area contributed by atoms with Crippen molar-refractivity contribution >= 4 is 11.8 Å². The van der Waals surface area contributed by atoms with Crippen molar-refractivity contribution in [3.8, 4) is 0 Å². The van der Waals surface area contributed by atoms with Crippen LogP contribution in [0.2, 0.25) is 0 Å². The van der Waals surface area contributed by atoms with Gasteiger partial charge in [0, 0.05) is 17.9 Å². The summed E-state index contributed by atoms with van der Waals surface area (Å²) in [5.74, 6) is -0.222. The zero-order valence-corrected chi connectivity index (χ0v) is 13.3. The summed E-state index contributed by atoms with van der Waals surface area (Å²) < 4.78 is 0. The van der Waals surface area contributed by atoms with Gasteiger partial charge in [-0.3, -0.25) is 14.5 Å². The van der Waals surface area contributed by atoms with Gasteiger partial charge >= 0.3 is 0 Å². The van der Waals surface area contributed by atoms with E-state index in [1.807, 2.05) is 41.5 Å². The number of likely N-dealkylation sites (tertiary alicyclic amines) is 1. The number of carbonyl (C=O) groups excluding carboxylic acids is 2. The number of rotatable bonds is 2. The third-order valence-corrected chi connectivity index (χ3v) is 4.96. The molecular formula is C15H26N2O3. The predicted molar refractivity (Wildman–Crippen MR) is 75.0 cm³/mol. The molecule has 0 bridgehead atoms. The minimum Gasteiger partial charge on any atom is -0.313 e. The summed E-state index contributed by atoms with van der Waals surface area (Å²) >= 11 is 0. The molecule has 2 amide bonds. The number of hydroxylamine groups is 2. The van der Waals surface area contributed by atoms with Gasteiger partial charge in [-0.15, -0.1) is 0 Å². The second-order valence-corrected chi connectivity index (χ2v) is 7.65. The first-order chi connectivity index (χ1) is 9.00. The van der Waals surface area contributed by atoms with Crippen LogP contribution in [0.25, 0.3) is 0 Å². The van der Waals surface area contributed by atoms with Gasteiger partial charge in [0.05, 0.1) is 11.6 Å². The lowest BCUT2D eigenvalue weighted by Crippen LogP contribution is -2.54.